The van der Waals surface area contributed by atoms with Crippen LogP contribution in [-0.2, 0) is 0 Å². The van der Waals surface area contributed by atoms with E-state index in [9.17, 15) is 0 Å². The van der Waals surface area contributed by atoms with Crippen LogP contribution >= 0.6 is 0 Å². The molecule has 0 spiro atoms. The van der Waals surface area contributed by atoms with E-state index in [0.29, 0.717) is 17.5 Å². The molecule has 0 N–H and O–H groups in total. The van der Waals surface area contributed by atoms with E-state index in [-0.39, 0.29) is 0 Å². The van der Waals surface area contributed by atoms with Crippen LogP contribution in [0.3, 0.4) is 0 Å². The maximum atomic E-state index is 6.79. The molecule has 252 valence electrons. The molecule has 0 aliphatic rings. The highest BCUT2D eigenvalue weighted by Crippen LogP contribution is 2.43. The number of furan rings is 2. The van der Waals surface area contributed by atoms with Gasteiger partial charge in [-0.25, -0.2) is 15.0 Å². The van der Waals surface area contributed by atoms with Crippen LogP contribution in [0.4, 0.5) is 0 Å². The standard InChI is InChI=1S/C49H29N3O2/c1-3-14-30(15-4-1)34-22-11-25-40-43-41(26-13-27-42(43)53-45(34)40)49-51-47(32-17-5-2-6-18-32)50-48(52-49)39-21-10-9-20-35(39)36-23-12-24-37-38-29-28-31-16-7-8-19-33(31)44(38)54-46(36)37/h1-29H. The summed E-state index contributed by atoms with van der Waals surface area (Å²) >= 11 is 0. The van der Waals surface area contributed by atoms with Crippen LogP contribution in [0.1, 0.15) is 0 Å². The average molecular weight is 692 g/mol. The van der Waals surface area contributed by atoms with Gasteiger partial charge in [-0.05, 0) is 28.6 Å². The first-order valence-electron chi connectivity index (χ1n) is 18.0. The Morgan fingerprint density at radius 3 is 1.69 bits per heavy atom. The highest BCUT2D eigenvalue weighted by atomic mass is 16.3. The number of rotatable bonds is 5. The number of nitrogens with zero attached hydrogens (tertiary/aromatic N) is 3. The highest BCUT2D eigenvalue weighted by molar-refractivity contribution is 6.18. The smallest absolute Gasteiger partial charge is 0.164 e. The lowest BCUT2D eigenvalue weighted by Crippen LogP contribution is -2.01. The molecule has 0 aliphatic heterocycles. The second-order valence-corrected chi connectivity index (χ2v) is 13.5. The van der Waals surface area contributed by atoms with E-state index in [1.54, 1.807) is 0 Å². The van der Waals surface area contributed by atoms with Crippen LogP contribution in [0, 0.1) is 0 Å². The molecule has 8 aromatic carbocycles. The van der Waals surface area contributed by atoms with Crippen LogP contribution in [-0.4, -0.2) is 15.0 Å². The lowest BCUT2D eigenvalue weighted by atomic mass is 9.96. The Balaban J connectivity index is 1.15. The van der Waals surface area contributed by atoms with Crippen molar-refractivity contribution >= 4 is 54.6 Å². The lowest BCUT2D eigenvalue weighted by Gasteiger charge is -2.12. The maximum absolute atomic E-state index is 6.79. The van der Waals surface area contributed by atoms with Crippen molar-refractivity contribution in [3.63, 3.8) is 0 Å². The van der Waals surface area contributed by atoms with E-state index in [2.05, 4.69) is 109 Å². The van der Waals surface area contributed by atoms with Gasteiger partial charge in [-0.1, -0.05) is 164 Å². The molecule has 5 heteroatoms. The summed E-state index contributed by atoms with van der Waals surface area (Å²) in [5.74, 6) is 1.73. The Hall–Kier alpha value is -7.37. The summed E-state index contributed by atoms with van der Waals surface area (Å²) in [6, 6.07) is 60.2. The van der Waals surface area contributed by atoms with Gasteiger partial charge in [0.2, 0.25) is 0 Å². The first-order chi connectivity index (χ1) is 26.8. The molecule has 0 fully saturated rings. The molecule has 0 bridgehead atoms. The van der Waals surface area contributed by atoms with Crippen LogP contribution in [0.15, 0.2) is 185 Å². The third-order valence-electron chi connectivity index (χ3n) is 10.4. The Morgan fingerprint density at radius 2 is 0.852 bits per heavy atom. The SMILES string of the molecule is c1ccc(-c2nc(-c3ccccc3-c3cccc4c3oc3c5ccccc5ccc43)nc(-c3cccc4oc5c(-c6ccccc6)cccc5c34)n2)cc1. The second kappa shape index (κ2) is 12.1. The van der Waals surface area contributed by atoms with Crippen molar-refractivity contribution in [2.45, 2.75) is 0 Å². The monoisotopic (exact) mass is 691 g/mol. The van der Waals surface area contributed by atoms with Crippen molar-refractivity contribution in [3.8, 4) is 56.4 Å². The fourth-order valence-corrected chi connectivity index (χ4v) is 7.86. The van der Waals surface area contributed by atoms with Crippen LogP contribution in [0.2, 0.25) is 0 Å². The quantitative estimate of drug-likeness (QED) is 0.180. The first-order valence-corrected chi connectivity index (χ1v) is 18.0. The molecule has 0 saturated carbocycles. The van der Waals surface area contributed by atoms with E-state index < -0.39 is 0 Å². The van der Waals surface area contributed by atoms with E-state index in [4.69, 9.17) is 23.8 Å². The summed E-state index contributed by atoms with van der Waals surface area (Å²) < 4.78 is 13.4. The summed E-state index contributed by atoms with van der Waals surface area (Å²) in [5, 5.41) is 6.37. The number of hydrogen-bond acceptors (Lipinski definition) is 5. The van der Waals surface area contributed by atoms with Gasteiger partial charge in [0.1, 0.15) is 22.3 Å². The molecule has 0 aliphatic carbocycles. The normalized spacial score (nSPS) is 11.7. The van der Waals surface area contributed by atoms with E-state index in [1.165, 1.54) is 0 Å². The third kappa shape index (κ3) is 4.76. The van der Waals surface area contributed by atoms with E-state index >= 15 is 0 Å². The second-order valence-electron chi connectivity index (χ2n) is 13.5. The molecule has 11 aromatic rings. The number of hydrogen-bond donors (Lipinski definition) is 0. The van der Waals surface area contributed by atoms with Crippen LogP contribution in [0.5, 0.6) is 0 Å². The molecule has 0 unspecified atom stereocenters. The van der Waals surface area contributed by atoms with Gasteiger partial charge >= 0.3 is 0 Å². The van der Waals surface area contributed by atoms with Crippen molar-refractivity contribution in [3.05, 3.63) is 176 Å². The Bertz CT molecular complexity index is 3220. The molecule has 11 rings (SSSR count). The minimum absolute atomic E-state index is 0.570. The van der Waals surface area contributed by atoms with Crippen molar-refractivity contribution < 1.29 is 8.83 Å². The van der Waals surface area contributed by atoms with E-state index in [0.717, 1.165) is 93.6 Å². The summed E-state index contributed by atoms with van der Waals surface area (Å²) in [5.41, 5.74) is 10.1. The van der Waals surface area contributed by atoms with Crippen molar-refractivity contribution in [1.82, 2.24) is 15.0 Å². The van der Waals surface area contributed by atoms with Gasteiger partial charge in [-0.2, -0.15) is 0 Å². The van der Waals surface area contributed by atoms with Gasteiger partial charge in [0.05, 0.1) is 0 Å². The third-order valence-corrected chi connectivity index (χ3v) is 10.4. The number of benzene rings is 8. The van der Waals surface area contributed by atoms with Gasteiger partial charge in [0.15, 0.2) is 17.5 Å². The maximum Gasteiger partial charge on any atom is 0.164 e. The van der Waals surface area contributed by atoms with Gasteiger partial charge in [-0.15, -0.1) is 0 Å². The molecule has 3 aromatic heterocycles. The van der Waals surface area contributed by atoms with Crippen molar-refractivity contribution in [1.29, 1.82) is 0 Å². The molecule has 0 amide bonds. The number of aromatic nitrogens is 3. The summed E-state index contributed by atoms with van der Waals surface area (Å²) in [4.78, 5) is 15.6. The van der Waals surface area contributed by atoms with Crippen molar-refractivity contribution in [2.24, 2.45) is 0 Å². The zero-order chi connectivity index (χ0) is 35.6. The minimum atomic E-state index is 0.570. The summed E-state index contributed by atoms with van der Waals surface area (Å²) in [6.45, 7) is 0. The summed E-state index contributed by atoms with van der Waals surface area (Å²) in [7, 11) is 0. The molecule has 0 saturated heterocycles. The zero-order valence-corrected chi connectivity index (χ0v) is 28.9. The van der Waals surface area contributed by atoms with E-state index in [1.807, 2.05) is 66.7 Å². The van der Waals surface area contributed by atoms with Gasteiger partial charge in [-0.3, -0.25) is 0 Å². The first kappa shape index (κ1) is 30.3. The molecular weight excluding hydrogens is 663 g/mol. The fourth-order valence-electron chi connectivity index (χ4n) is 7.86. The average Bonchev–Trinajstić information content (AvgIpc) is 3.83. The highest BCUT2D eigenvalue weighted by Gasteiger charge is 2.22. The number of fused-ring (bicyclic) bond motifs is 8. The van der Waals surface area contributed by atoms with Crippen molar-refractivity contribution in [2.75, 3.05) is 0 Å². The molecule has 3 heterocycles. The largest absolute Gasteiger partial charge is 0.455 e. The minimum Gasteiger partial charge on any atom is -0.455 e. The predicted octanol–water partition coefficient (Wildman–Crippen LogP) is 13.2. The van der Waals surface area contributed by atoms with Crippen LogP contribution < -0.4 is 0 Å². The molecular formula is C49H29N3O2. The molecule has 0 radical (unpaired) electrons. The van der Waals surface area contributed by atoms with Crippen LogP contribution in [0.25, 0.3) is 111 Å². The Morgan fingerprint density at radius 1 is 0.296 bits per heavy atom. The van der Waals surface area contributed by atoms with Gasteiger partial charge in [0, 0.05) is 54.7 Å². The Kier molecular flexibility index (Phi) is 6.79. The lowest BCUT2D eigenvalue weighted by molar-refractivity contribution is 0.670. The summed E-state index contributed by atoms with van der Waals surface area (Å²) in [6.07, 6.45) is 0. The van der Waals surface area contributed by atoms with Gasteiger partial charge < -0.3 is 8.83 Å². The Labute approximate surface area is 309 Å². The number of para-hydroxylation sites is 2. The fraction of sp³-hybridized carbons (Fsp3) is 0. The predicted molar refractivity (Wildman–Crippen MR) is 219 cm³/mol. The topological polar surface area (TPSA) is 65.0 Å². The molecule has 54 heavy (non-hydrogen) atoms. The molecule has 0 atom stereocenters. The molecule has 5 nitrogen and oxygen atoms in total. The zero-order valence-electron chi connectivity index (χ0n) is 28.9. The van der Waals surface area contributed by atoms with Gasteiger partial charge in [0.25, 0.3) is 0 Å².